The first kappa shape index (κ1) is 21.4. The predicted molar refractivity (Wildman–Crippen MR) is 111 cm³/mol. The van der Waals surface area contributed by atoms with Crippen LogP contribution in [0, 0.1) is 27.7 Å². The van der Waals surface area contributed by atoms with E-state index in [4.69, 9.17) is 18.9 Å². The molecule has 0 amide bonds. The van der Waals surface area contributed by atoms with Gasteiger partial charge in [0.1, 0.15) is 24.4 Å². The van der Waals surface area contributed by atoms with Crippen LogP contribution < -0.4 is 0 Å². The van der Waals surface area contributed by atoms with Gasteiger partial charge in [-0.3, -0.25) is 0 Å². The molecule has 2 N–H and O–H groups in total. The van der Waals surface area contributed by atoms with Crippen LogP contribution in [0.2, 0.25) is 0 Å². The van der Waals surface area contributed by atoms with E-state index in [0.29, 0.717) is 6.61 Å². The summed E-state index contributed by atoms with van der Waals surface area (Å²) in [6, 6.07) is 12.1. The zero-order chi connectivity index (χ0) is 21.4. The highest BCUT2D eigenvalue weighted by Gasteiger charge is 2.48. The molecule has 2 aliphatic heterocycles. The Bertz CT molecular complexity index is 895. The van der Waals surface area contributed by atoms with Crippen molar-refractivity contribution in [2.75, 3.05) is 13.2 Å². The summed E-state index contributed by atoms with van der Waals surface area (Å²) in [4.78, 5) is 0. The van der Waals surface area contributed by atoms with Crippen molar-refractivity contribution in [3.8, 4) is 0 Å². The van der Waals surface area contributed by atoms with Crippen LogP contribution in [-0.4, -0.2) is 47.8 Å². The number of benzene rings is 2. The second kappa shape index (κ2) is 8.75. The topological polar surface area (TPSA) is 77.4 Å². The average Bonchev–Trinajstić information content (AvgIpc) is 2.75. The molecule has 0 bridgehead atoms. The van der Waals surface area contributed by atoms with Gasteiger partial charge in [-0.2, -0.15) is 0 Å². The molecule has 4 rings (SSSR count). The number of aliphatic hydroxyl groups excluding tert-OH is 2. The van der Waals surface area contributed by atoms with Crippen molar-refractivity contribution >= 4 is 0 Å². The molecule has 2 aromatic rings. The van der Waals surface area contributed by atoms with Crippen LogP contribution in [0.1, 0.15) is 46.0 Å². The van der Waals surface area contributed by atoms with E-state index in [1.165, 1.54) is 11.1 Å². The van der Waals surface area contributed by atoms with Crippen molar-refractivity contribution in [3.05, 3.63) is 69.8 Å². The summed E-state index contributed by atoms with van der Waals surface area (Å²) < 4.78 is 24.4. The predicted octanol–water partition coefficient (Wildman–Crippen LogP) is 3.17. The van der Waals surface area contributed by atoms with Gasteiger partial charge in [0.25, 0.3) is 0 Å². The van der Waals surface area contributed by atoms with Gasteiger partial charge in [0.15, 0.2) is 12.6 Å². The first-order valence-electron chi connectivity index (χ1n) is 10.4. The summed E-state index contributed by atoms with van der Waals surface area (Å²) in [5, 5.41) is 20.1. The monoisotopic (exact) mass is 414 g/mol. The van der Waals surface area contributed by atoms with E-state index < -0.39 is 43.6 Å². The summed E-state index contributed by atoms with van der Waals surface area (Å²) in [5.74, 6) is 0. The van der Waals surface area contributed by atoms with Gasteiger partial charge in [-0.15, -0.1) is 0 Å². The minimum absolute atomic E-state index is 0.307. The van der Waals surface area contributed by atoms with Crippen molar-refractivity contribution < 1.29 is 29.2 Å². The molecule has 2 saturated heterocycles. The van der Waals surface area contributed by atoms with E-state index in [9.17, 15) is 10.2 Å². The van der Waals surface area contributed by atoms with E-state index in [2.05, 4.69) is 6.92 Å². The highest BCUT2D eigenvalue weighted by molar-refractivity contribution is 5.32. The third-order valence-corrected chi connectivity index (χ3v) is 6.13. The molecule has 0 spiro atoms. The molecule has 6 nitrogen and oxygen atoms in total. The van der Waals surface area contributed by atoms with Gasteiger partial charge in [0.05, 0.1) is 13.2 Å². The lowest BCUT2D eigenvalue weighted by Gasteiger charge is -2.47. The summed E-state index contributed by atoms with van der Waals surface area (Å²) >= 11 is 0. The minimum Gasteiger partial charge on any atom is -0.394 e. The second-order valence-electron chi connectivity index (χ2n) is 8.31. The van der Waals surface area contributed by atoms with Gasteiger partial charge in [0, 0.05) is 11.1 Å². The van der Waals surface area contributed by atoms with Crippen LogP contribution in [0.3, 0.4) is 0 Å². The third-order valence-electron chi connectivity index (χ3n) is 6.13. The van der Waals surface area contributed by atoms with Gasteiger partial charge in [0.2, 0.25) is 0 Å². The van der Waals surface area contributed by atoms with Gasteiger partial charge in [-0.25, -0.2) is 0 Å². The summed E-state index contributed by atoms with van der Waals surface area (Å²) in [6.07, 6.45) is -4.05. The summed E-state index contributed by atoms with van der Waals surface area (Å²) in [7, 11) is 0. The van der Waals surface area contributed by atoms with Crippen molar-refractivity contribution in [2.24, 2.45) is 0 Å². The van der Waals surface area contributed by atoms with Gasteiger partial charge in [-0.05, 0) is 49.9 Å². The highest BCUT2D eigenvalue weighted by atomic mass is 16.8. The standard InChI is InChI=1S/C24H30O6/c1-13-5-7-17(9-15(13)3)23-27-12-20-22(30-23)21(19(26)11-25)29-24(28-20)18-8-6-14(2)16(4)10-18/h5-10,19-26H,11-12H2,1-4H3/t19-,20?,21-,22-,23?,24?/m0/s1. The first-order chi connectivity index (χ1) is 14.4. The van der Waals surface area contributed by atoms with Crippen LogP contribution >= 0.6 is 0 Å². The first-order valence-corrected chi connectivity index (χ1v) is 10.4. The van der Waals surface area contributed by atoms with Crippen molar-refractivity contribution in [1.29, 1.82) is 0 Å². The summed E-state index contributed by atoms with van der Waals surface area (Å²) in [6.45, 7) is 8.07. The van der Waals surface area contributed by atoms with Crippen molar-refractivity contribution in [1.82, 2.24) is 0 Å². The maximum absolute atomic E-state index is 10.5. The quantitative estimate of drug-likeness (QED) is 0.800. The van der Waals surface area contributed by atoms with Crippen LogP contribution in [0.5, 0.6) is 0 Å². The van der Waals surface area contributed by atoms with Crippen molar-refractivity contribution in [2.45, 2.75) is 64.7 Å². The van der Waals surface area contributed by atoms with Gasteiger partial charge < -0.3 is 29.2 Å². The molecular weight excluding hydrogens is 384 g/mol. The van der Waals surface area contributed by atoms with E-state index in [1.54, 1.807) is 0 Å². The fraction of sp³-hybridized carbons (Fsp3) is 0.500. The molecule has 6 atom stereocenters. The summed E-state index contributed by atoms with van der Waals surface area (Å²) in [5.41, 5.74) is 6.43. The molecule has 2 heterocycles. The lowest BCUT2D eigenvalue weighted by molar-refractivity contribution is -0.373. The maximum atomic E-state index is 10.5. The lowest BCUT2D eigenvalue weighted by Crippen LogP contribution is -2.58. The molecule has 0 saturated carbocycles. The van der Waals surface area contributed by atoms with Crippen LogP contribution in [0.15, 0.2) is 36.4 Å². The molecule has 0 aliphatic carbocycles. The molecule has 3 unspecified atom stereocenters. The molecule has 2 aromatic carbocycles. The van der Waals surface area contributed by atoms with Crippen LogP contribution in [0.25, 0.3) is 0 Å². The number of hydrogen-bond donors (Lipinski definition) is 2. The van der Waals surface area contributed by atoms with E-state index in [1.807, 2.05) is 57.2 Å². The Balaban J connectivity index is 1.57. The minimum atomic E-state index is -1.09. The molecule has 162 valence electrons. The van der Waals surface area contributed by atoms with Gasteiger partial charge >= 0.3 is 0 Å². The maximum Gasteiger partial charge on any atom is 0.184 e. The fourth-order valence-corrected chi connectivity index (χ4v) is 3.93. The molecule has 6 heteroatoms. The Morgan fingerprint density at radius 2 is 1.43 bits per heavy atom. The molecule has 2 aliphatic rings. The van der Waals surface area contributed by atoms with Crippen molar-refractivity contribution in [3.63, 3.8) is 0 Å². The number of aliphatic hydroxyl groups is 2. The SMILES string of the molecule is Cc1ccc(C2OC3COC(c4ccc(C)c(C)c4)O[C@@H]3[C@H]([C@@H](O)CO)O2)cc1C. The molecular formula is C24H30O6. The highest BCUT2D eigenvalue weighted by Crippen LogP contribution is 2.39. The molecule has 2 fully saturated rings. The Hall–Kier alpha value is -1.80. The normalized spacial score (nSPS) is 30.0. The van der Waals surface area contributed by atoms with E-state index in [-0.39, 0.29) is 0 Å². The lowest BCUT2D eigenvalue weighted by atomic mass is 9.98. The zero-order valence-corrected chi connectivity index (χ0v) is 17.9. The Morgan fingerprint density at radius 3 is 2.00 bits per heavy atom. The number of fused-ring (bicyclic) bond motifs is 1. The van der Waals surface area contributed by atoms with Crippen LogP contribution in [0.4, 0.5) is 0 Å². The van der Waals surface area contributed by atoms with E-state index in [0.717, 1.165) is 22.3 Å². The molecule has 0 radical (unpaired) electrons. The Kier molecular flexibility index (Phi) is 6.25. The van der Waals surface area contributed by atoms with E-state index >= 15 is 0 Å². The number of aryl methyl sites for hydroxylation is 4. The Labute approximate surface area is 177 Å². The molecule has 30 heavy (non-hydrogen) atoms. The molecule has 0 aromatic heterocycles. The smallest absolute Gasteiger partial charge is 0.184 e. The van der Waals surface area contributed by atoms with Crippen LogP contribution in [-0.2, 0) is 18.9 Å². The third kappa shape index (κ3) is 4.17. The number of ether oxygens (including phenoxy) is 4. The van der Waals surface area contributed by atoms with Gasteiger partial charge in [-0.1, -0.05) is 36.4 Å². The average molecular weight is 414 g/mol. The number of hydrogen-bond acceptors (Lipinski definition) is 6. The number of rotatable bonds is 4. The second-order valence-corrected chi connectivity index (χ2v) is 8.31. The zero-order valence-electron chi connectivity index (χ0n) is 17.9. The fourth-order valence-electron chi connectivity index (χ4n) is 3.93. The Morgan fingerprint density at radius 1 is 0.833 bits per heavy atom. The largest absolute Gasteiger partial charge is 0.394 e.